The first-order valence-electron chi connectivity index (χ1n) is 7.25. The Hall–Kier alpha value is -2.26. The molecule has 0 bridgehead atoms. The maximum absolute atomic E-state index is 12.9. The van der Waals surface area contributed by atoms with Crippen molar-refractivity contribution in [2.45, 2.75) is 10.9 Å². The minimum absolute atomic E-state index is 0.0237. The first-order valence-corrected chi connectivity index (χ1v) is 8.90. The van der Waals surface area contributed by atoms with Crippen LogP contribution in [-0.4, -0.2) is 43.5 Å². The van der Waals surface area contributed by atoms with Crippen LogP contribution in [0.15, 0.2) is 41.6 Å². The Kier molecular flexibility index (Phi) is 5.68. The molecule has 2 N–H and O–H groups in total. The number of aryl methyl sites for hydroxylation is 1. The van der Waals surface area contributed by atoms with Crippen molar-refractivity contribution in [1.82, 2.24) is 20.4 Å². The van der Waals surface area contributed by atoms with E-state index in [4.69, 9.17) is 0 Å². The van der Waals surface area contributed by atoms with Gasteiger partial charge in [-0.15, -0.1) is 0 Å². The van der Waals surface area contributed by atoms with Gasteiger partial charge in [-0.3, -0.25) is 9.48 Å². The van der Waals surface area contributed by atoms with E-state index in [0.29, 0.717) is 5.56 Å². The van der Waals surface area contributed by atoms with Crippen molar-refractivity contribution in [2.24, 2.45) is 7.05 Å². The van der Waals surface area contributed by atoms with E-state index in [1.165, 1.54) is 12.1 Å². The third-order valence-electron chi connectivity index (χ3n) is 3.45. The van der Waals surface area contributed by atoms with Crippen molar-refractivity contribution in [1.29, 1.82) is 0 Å². The van der Waals surface area contributed by atoms with E-state index < -0.39 is 21.7 Å². The van der Waals surface area contributed by atoms with Gasteiger partial charge in [0.2, 0.25) is 5.91 Å². The van der Waals surface area contributed by atoms with Gasteiger partial charge in [0.05, 0.1) is 16.8 Å². The lowest BCUT2D eigenvalue weighted by Crippen LogP contribution is -2.38. The largest absolute Gasteiger partial charge is 0.353 e. The summed E-state index contributed by atoms with van der Waals surface area (Å²) in [5.41, 5.74) is 0.680. The number of amides is 1. The van der Waals surface area contributed by atoms with E-state index in [1.807, 2.05) is 0 Å². The second-order valence-electron chi connectivity index (χ2n) is 5.23. The fraction of sp³-hybridized carbons (Fsp3) is 0.333. The van der Waals surface area contributed by atoms with Crippen LogP contribution in [0, 0.1) is 5.82 Å². The average molecular weight is 354 g/mol. The summed E-state index contributed by atoms with van der Waals surface area (Å²) < 4.78 is 38.7. The van der Waals surface area contributed by atoms with Crippen LogP contribution in [0.4, 0.5) is 4.39 Å². The third kappa shape index (κ3) is 4.39. The molecular formula is C15H19FN4O3S. The van der Waals surface area contributed by atoms with Crippen molar-refractivity contribution in [2.75, 3.05) is 19.3 Å². The lowest BCUT2D eigenvalue weighted by Gasteiger charge is -2.14. The van der Waals surface area contributed by atoms with Crippen LogP contribution in [0.25, 0.3) is 0 Å². The van der Waals surface area contributed by atoms with Gasteiger partial charge in [0.15, 0.2) is 9.84 Å². The molecular weight excluding hydrogens is 335 g/mol. The summed E-state index contributed by atoms with van der Waals surface area (Å²) in [6, 6.07) is 3.97. The maximum atomic E-state index is 12.9. The van der Waals surface area contributed by atoms with Gasteiger partial charge in [0.1, 0.15) is 11.9 Å². The second-order valence-corrected chi connectivity index (χ2v) is 7.34. The number of aromatic nitrogens is 2. The SMILES string of the molecule is CNC(C(=O)NCCS(=O)(=O)c1ccc(F)cc1)c1cnn(C)c1. The Morgan fingerprint density at radius 1 is 1.33 bits per heavy atom. The number of halogens is 1. The fourth-order valence-corrected chi connectivity index (χ4v) is 3.37. The molecule has 1 unspecified atom stereocenters. The summed E-state index contributed by atoms with van der Waals surface area (Å²) in [7, 11) is -0.213. The minimum Gasteiger partial charge on any atom is -0.353 e. The lowest BCUT2D eigenvalue weighted by molar-refractivity contribution is -0.123. The number of carbonyl (C=O) groups is 1. The third-order valence-corrected chi connectivity index (χ3v) is 5.18. The van der Waals surface area contributed by atoms with Crippen LogP contribution in [0.2, 0.25) is 0 Å². The monoisotopic (exact) mass is 354 g/mol. The summed E-state index contributed by atoms with van der Waals surface area (Å²) in [4.78, 5) is 12.2. The van der Waals surface area contributed by atoms with Crippen LogP contribution in [0.3, 0.4) is 0 Å². The number of likely N-dealkylation sites (N-methyl/N-ethyl adjacent to an activating group) is 1. The Labute approximate surface area is 139 Å². The number of rotatable bonds is 7. The molecule has 9 heteroatoms. The quantitative estimate of drug-likeness (QED) is 0.703. The second kappa shape index (κ2) is 7.54. The molecule has 0 aliphatic heterocycles. The molecule has 0 fully saturated rings. The molecule has 1 aromatic heterocycles. The number of benzene rings is 1. The molecule has 0 radical (unpaired) electrons. The zero-order valence-electron chi connectivity index (χ0n) is 13.4. The summed E-state index contributed by atoms with van der Waals surface area (Å²) in [6.45, 7) is -0.0447. The van der Waals surface area contributed by atoms with Gasteiger partial charge in [-0.2, -0.15) is 5.10 Å². The molecule has 0 spiro atoms. The predicted molar refractivity (Wildman–Crippen MR) is 86.5 cm³/mol. The van der Waals surface area contributed by atoms with Crippen molar-refractivity contribution in [3.05, 3.63) is 48.0 Å². The normalized spacial score (nSPS) is 12.8. The fourth-order valence-electron chi connectivity index (χ4n) is 2.21. The number of nitrogens with zero attached hydrogens (tertiary/aromatic N) is 2. The summed E-state index contributed by atoms with van der Waals surface area (Å²) in [5.74, 6) is -1.12. The molecule has 7 nitrogen and oxygen atoms in total. The molecule has 24 heavy (non-hydrogen) atoms. The molecule has 0 aliphatic rings. The van der Waals surface area contributed by atoms with Crippen molar-refractivity contribution in [3.8, 4) is 0 Å². The summed E-state index contributed by atoms with van der Waals surface area (Å²) >= 11 is 0. The van der Waals surface area contributed by atoms with Crippen LogP contribution < -0.4 is 10.6 Å². The van der Waals surface area contributed by atoms with Gasteiger partial charge in [-0.1, -0.05) is 0 Å². The van der Waals surface area contributed by atoms with Gasteiger partial charge in [-0.25, -0.2) is 12.8 Å². The summed E-state index contributed by atoms with van der Waals surface area (Å²) in [5, 5.41) is 9.45. The van der Waals surface area contributed by atoms with Crippen LogP contribution in [-0.2, 0) is 21.7 Å². The van der Waals surface area contributed by atoms with Gasteiger partial charge in [0.25, 0.3) is 0 Å². The molecule has 0 aliphatic carbocycles. The van der Waals surface area contributed by atoms with E-state index >= 15 is 0 Å². The van der Waals surface area contributed by atoms with E-state index in [2.05, 4.69) is 15.7 Å². The predicted octanol–water partition coefficient (Wildman–Crippen LogP) is 0.410. The zero-order valence-corrected chi connectivity index (χ0v) is 14.2. The van der Waals surface area contributed by atoms with Crippen LogP contribution in [0.5, 0.6) is 0 Å². The van der Waals surface area contributed by atoms with Gasteiger partial charge >= 0.3 is 0 Å². The molecule has 2 aromatic rings. The molecule has 0 saturated carbocycles. The van der Waals surface area contributed by atoms with E-state index in [-0.39, 0.29) is 23.1 Å². The molecule has 1 heterocycles. The van der Waals surface area contributed by atoms with E-state index in [0.717, 1.165) is 12.1 Å². The standard InChI is InChI=1S/C15H19FN4O3S/c1-17-14(11-9-19-20(2)10-11)15(21)18-7-8-24(22,23)13-5-3-12(16)4-6-13/h3-6,9-10,14,17H,7-8H2,1-2H3,(H,18,21). The van der Waals surface area contributed by atoms with Crippen molar-refractivity contribution < 1.29 is 17.6 Å². The number of sulfone groups is 1. The zero-order chi connectivity index (χ0) is 17.7. The average Bonchev–Trinajstić information content (AvgIpc) is 2.94. The highest BCUT2D eigenvalue weighted by Crippen LogP contribution is 2.13. The number of nitrogens with one attached hydrogen (secondary N) is 2. The molecule has 130 valence electrons. The highest BCUT2D eigenvalue weighted by molar-refractivity contribution is 7.91. The van der Waals surface area contributed by atoms with Gasteiger partial charge in [-0.05, 0) is 31.3 Å². The smallest absolute Gasteiger partial charge is 0.241 e. The van der Waals surface area contributed by atoms with Gasteiger partial charge < -0.3 is 10.6 Å². The van der Waals surface area contributed by atoms with Crippen molar-refractivity contribution in [3.63, 3.8) is 0 Å². The highest BCUT2D eigenvalue weighted by atomic mass is 32.2. The first kappa shape index (κ1) is 18.1. The first-order chi connectivity index (χ1) is 11.3. The molecule has 2 rings (SSSR count). The molecule has 1 atom stereocenters. The molecule has 1 aromatic carbocycles. The van der Waals surface area contributed by atoms with Crippen molar-refractivity contribution >= 4 is 15.7 Å². The number of hydrogen-bond donors (Lipinski definition) is 2. The Morgan fingerprint density at radius 3 is 2.54 bits per heavy atom. The Balaban J connectivity index is 1.95. The highest BCUT2D eigenvalue weighted by Gasteiger charge is 2.21. The lowest BCUT2D eigenvalue weighted by atomic mass is 10.1. The Bertz CT molecular complexity index is 802. The Morgan fingerprint density at radius 2 is 2.00 bits per heavy atom. The molecule has 0 saturated heterocycles. The topological polar surface area (TPSA) is 93.1 Å². The maximum Gasteiger partial charge on any atom is 0.241 e. The summed E-state index contributed by atoms with van der Waals surface area (Å²) in [6.07, 6.45) is 3.27. The minimum atomic E-state index is -3.58. The van der Waals surface area contributed by atoms with Gasteiger partial charge in [0, 0.05) is 25.4 Å². The van der Waals surface area contributed by atoms with Crippen LogP contribution in [0.1, 0.15) is 11.6 Å². The number of hydrogen-bond acceptors (Lipinski definition) is 5. The van der Waals surface area contributed by atoms with Crippen LogP contribution >= 0.6 is 0 Å². The number of carbonyl (C=O) groups excluding carboxylic acids is 1. The van der Waals surface area contributed by atoms with E-state index in [9.17, 15) is 17.6 Å². The van der Waals surface area contributed by atoms with E-state index in [1.54, 1.807) is 31.2 Å². The molecule has 1 amide bonds.